The van der Waals surface area contributed by atoms with E-state index >= 15 is 0 Å². The van der Waals surface area contributed by atoms with Crippen LogP contribution in [0, 0.1) is 0 Å². The number of nitrogens with zero attached hydrogens (tertiary/aromatic N) is 3. The first-order valence-corrected chi connectivity index (χ1v) is 8.13. The molecule has 1 N–H and O–H groups in total. The van der Waals surface area contributed by atoms with E-state index < -0.39 is 21.9 Å². The second-order valence-electron chi connectivity index (χ2n) is 4.87. The molecule has 0 unspecified atom stereocenters. The Bertz CT molecular complexity index is 606. The predicted octanol–water partition coefficient (Wildman–Crippen LogP) is 1.33. The van der Waals surface area contributed by atoms with Crippen LogP contribution in [0.3, 0.4) is 0 Å². The molecule has 1 fully saturated rings. The zero-order chi connectivity index (χ0) is 15.7. The number of halogens is 3. The molecule has 1 saturated heterocycles. The summed E-state index contributed by atoms with van der Waals surface area (Å²) in [6.07, 6.45) is -1.13. The first-order chi connectivity index (χ1) is 9.66. The van der Waals surface area contributed by atoms with Crippen molar-refractivity contribution in [1.29, 1.82) is 0 Å². The molecule has 6 nitrogen and oxygen atoms in total. The molecule has 2 heterocycles. The van der Waals surface area contributed by atoms with Crippen molar-refractivity contribution in [3.8, 4) is 0 Å². The van der Waals surface area contributed by atoms with Gasteiger partial charge in [-0.1, -0.05) is 0 Å². The third-order valence-corrected chi connectivity index (χ3v) is 4.40. The molecule has 0 aliphatic carbocycles. The van der Waals surface area contributed by atoms with Crippen LogP contribution in [0.1, 0.15) is 18.5 Å². The van der Waals surface area contributed by atoms with Crippen LogP contribution < -0.4 is 5.32 Å². The SMILES string of the molecule is CS(=O)(=O)N1CCC[C@H](Nc2nccc(C(F)(F)F)n2)C1. The molecule has 0 aromatic carbocycles. The predicted molar refractivity (Wildman–Crippen MR) is 70.1 cm³/mol. The maximum absolute atomic E-state index is 12.6. The molecule has 1 aliphatic heterocycles. The van der Waals surface area contributed by atoms with E-state index in [0.29, 0.717) is 19.4 Å². The van der Waals surface area contributed by atoms with Crippen molar-refractivity contribution in [3.05, 3.63) is 18.0 Å². The second kappa shape index (κ2) is 5.76. The minimum Gasteiger partial charge on any atom is -0.350 e. The largest absolute Gasteiger partial charge is 0.433 e. The standard InChI is InChI=1S/C11H15F3N4O2S/c1-21(19,20)18-6-2-3-8(7-18)16-10-15-5-4-9(17-10)11(12,13)14/h4-5,8H,2-3,6-7H2,1H3,(H,15,16,17)/t8-/m0/s1. The molecular formula is C11H15F3N4O2S. The summed E-state index contributed by atoms with van der Waals surface area (Å²) in [5.74, 6) is -0.148. The van der Waals surface area contributed by atoms with Gasteiger partial charge in [-0.05, 0) is 18.9 Å². The average molecular weight is 324 g/mol. The van der Waals surface area contributed by atoms with Gasteiger partial charge in [-0.2, -0.15) is 13.2 Å². The lowest BCUT2D eigenvalue weighted by atomic mass is 10.1. The summed E-state index contributed by atoms with van der Waals surface area (Å²) < 4.78 is 61.9. The van der Waals surface area contributed by atoms with Gasteiger partial charge in [0.1, 0.15) is 5.69 Å². The third-order valence-electron chi connectivity index (χ3n) is 3.13. The number of sulfonamides is 1. The fraction of sp³-hybridized carbons (Fsp3) is 0.636. The summed E-state index contributed by atoms with van der Waals surface area (Å²) in [5, 5.41) is 2.77. The van der Waals surface area contributed by atoms with E-state index in [4.69, 9.17) is 0 Å². The Morgan fingerprint density at radius 2 is 2.14 bits per heavy atom. The highest BCUT2D eigenvalue weighted by Gasteiger charge is 2.33. The van der Waals surface area contributed by atoms with Gasteiger partial charge in [-0.15, -0.1) is 0 Å². The van der Waals surface area contributed by atoms with E-state index in [1.165, 1.54) is 4.31 Å². The van der Waals surface area contributed by atoms with Gasteiger partial charge in [0, 0.05) is 25.3 Å². The fourth-order valence-corrected chi connectivity index (χ4v) is 3.04. The minimum atomic E-state index is -4.54. The molecule has 1 aliphatic rings. The summed E-state index contributed by atoms with van der Waals surface area (Å²) in [7, 11) is -3.31. The molecule has 1 aromatic heterocycles. The van der Waals surface area contributed by atoms with Crippen molar-refractivity contribution in [2.45, 2.75) is 25.1 Å². The van der Waals surface area contributed by atoms with Crippen LogP contribution >= 0.6 is 0 Å². The Morgan fingerprint density at radius 3 is 2.76 bits per heavy atom. The Morgan fingerprint density at radius 1 is 1.43 bits per heavy atom. The first-order valence-electron chi connectivity index (χ1n) is 6.28. The number of piperidine rings is 1. The van der Waals surface area contributed by atoms with E-state index in [1.807, 2.05) is 0 Å². The molecule has 1 aromatic rings. The van der Waals surface area contributed by atoms with Crippen LogP contribution in [0.2, 0.25) is 0 Å². The molecule has 2 rings (SSSR count). The smallest absolute Gasteiger partial charge is 0.350 e. The number of alkyl halides is 3. The molecule has 0 spiro atoms. The molecule has 118 valence electrons. The summed E-state index contributed by atoms with van der Waals surface area (Å²) in [6, 6.07) is 0.478. The van der Waals surface area contributed by atoms with Crippen molar-refractivity contribution in [2.75, 3.05) is 24.7 Å². The van der Waals surface area contributed by atoms with Crippen LogP contribution in [-0.2, 0) is 16.2 Å². The van der Waals surface area contributed by atoms with Gasteiger partial charge in [0.2, 0.25) is 16.0 Å². The Hall–Kier alpha value is -1.42. The van der Waals surface area contributed by atoms with Crippen molar-refractivity contribution in [1.82, 2.24) is 14.3 Å². The Kier molecular flexibility index (Phi) is 4.38. The van der Waals surface area contributed by atoms with Crippen molar-refractivity contribution >= 4 is 16.0 Å². The normalized spacial score (nSPS) is 21.2. The van der Waals surface area contributed by atoms with Gasteiger partial charge in [0.05, 0.1) is 6.26 Å². The lowest BCUT2D eigenvalue weighted by molar-refractivity contribution is -0.141. The Labute approximate surface area is 120 Å². The average Bonchev–Trinajstić information content (AvgIpc) is 2.37. The van der Waals surface area contributed by atoms with Crippen LogP contribution in [0.15, 0.2) is 12.3 Å². The van der Waals surface area contributed by atoms with E-state index in [0.717, 1.165) is 18.5 Å². The minimum absolute atomic E-state index is 0.148. The molecule has 0 radical (unpaired) electrons. The highest BCUT2D eigenvalue weighted by Crippen LogP contribution is 2.27. The quantitative estimate of drug-likeness (QED) is 0.908. The van der Waals surface area contributed by atoms with Crippen LogP contribution in [0.25, 0.3) is 0 Å². The molecule has 10 heteroatoms. The first kappa shape index (κ1) is 16.0. The highest BCUT2D eigenvalue weighted by atomic mass is 32.2. The maximum Gasteiger partial charge on any atom is 0.433 e. The highest BCUT2D eigenvalue weighted by molar-refractivity contribution is 7.88. The molecule has 21 heavy (non-hydrogen) atoms. The van der Waals surface area contributed by atoms with E-state index in [-0.39, 0.29) is 18.5 Å². The fourth-order valence-electron chi connectivity index (χ4n) is 2.13. The zero-order valence-electron chi connectivity index (χ0n) is 11.3. The number of anilines is 1. The van der Waals surface area contributed by atoms with Gasteiger partial charge in [0.25, 0.3) is 0 Å². The van der Waals surface area contributed by atoms with Gasteiger partial charge >= 0.3 is 6.18 Å². The number of hydrogen-bond acceptors (Lipinski definition) is 5. The molecule has 1 atom stereocenters. The third kappa shape index (κ3) is 4.27. The molecular weight excluding hydrogens is 309 g/mol. The number of nitrogens with one attached hydrogen (secondary N) is 1. The number of rotatable bonds is 3. The van der Waals surface area contributed by atoms with Gasteiger partial charge in [-0.3, -0.25) is 0 Å². The summed E-state index contributed by atoms with van der Waals surface area (Å²) in [5.41, 5.74) is -1.03. The van der Waals surface area contributed by atoms with Crippen molar-refractivity contribution in [2.24, 2.45) is 0 Å². The van der Waals surface area contributed by atoms with E-state index in [1.54, 1.807) is 0 Å². The molecule has 0 saturated carbocycles. The van der Waals surface area contributed by atoms with Crippen molar-refractivity contribution in [3.63, 3.8) is 0 Å². The summed E-state index contributed by atoms with van der Waals surface area (Å²) >= 11 is 0. The summed E-state index contributed by atoms with van der Waals surface area (Å²) in [6.45, 7) is 0.610. The lowest BCUT2D eigenvalue weighted by Gasteiger charge is -2.31. The number of hydrogen-bond donors (Lipinski definition) is 1. The molecule has 0 amide bonds. The van der Waals surface area contributed by atoms with Gasteiger partial charge in [0.15, 0.2) is 0 Å². The van der Waals surface area contributed by atoms with E-state index in [2.05, 4.69) is 15.3 Å². The summed E-state index contributed by atoms with van der Waals surface area (Å²) in [4.78, 5) is 7.15. The van der Waals surface area contributed by atoms with Crippen molar-refractivity contribution < 1.29 is 21.6 Å². The topological polar surface area (TPSA) is 75.2 Å². The van der Waals surface area contributed by atoms with Gasteiger partial charge in [-0.25, -0.2) is 22.7 Å². The van der Waals surface area contributed by atoms with Gasteiger partial charge < -0.3 is 5.32 Å². The zero-order valence-corrected chi connectivity index (χ0v) is 12.1. The van der Waals surface area contributed by atoms with E-state index in [9.17, 15) is 21.6 Å². The molecule has 0 bridgehead atoms. The monoisotopic (exact) mass is 324 g/mol. The van der Waals surface area contributed by atoms with Crippen LogP contribution in [0.4, 0.5) is 19.1 Å². The number of aromatic nitrogens is 2. The maximum atomic E-state index is 12.6. The second-order valence-corrected chi connectivity index (χ2v) is 6.85. The Balaban J connectivity index is 2.08. The van der Waals surface area contributed by atoms with Crippen LogP contribution in [0.5, 0.6) is 0 Å². The lowest BCUT2D eigenvalue weighted by Crippen LogP contribution is -2.44. The van der Waals surface area contributed by atoms with Crippen LogP contribution in [-0.4, -0.2) is 48.1 Å².